The summed E-state index contributed by atoms with van der Waals surface area (Å²) in [5.74, 6) is 4.70. The van der Waals surface area contributed by atoms with E-state index in [-0.39, 0.29) is 6.61 Å². The molecular weight excluding hydrogens is 364 g/mol. The maximum absolute atomic E-state index is 5.59. The summed E-state index contributed by atoms with van der Waals surface area (Å²) in [6.45, 7) is 4.64. The van der Waals surface area contributed by atoms with Crippen LogP contribution < -0.4 is 19.7 Å². The fourth-order valence-electron chi connectivity index (χ4n) is 3.39. The van der Waals surface area contributed by atoms with Crippen LogP contribution in [0.2, 0.25) is 0 Å². The zero-order valence-electron chi connectivity index (χ0n) is 17.1. The van der Waals surface area contributed by atoms with Crippen molar-refractivity contribution in [1.82, 2.24) is 10.2 Å². The van der Waals surface area contributed by atoms with Crippen molar-refractivity contribution in [2.75, 3.05) is 51.8 Å². The van der Waals surface area contributed by atoms with E-state index in [4.69, 9.17) is 15.9 Å². The van der Waals surface area contributed by atoms with Crippen molar-refractivity contribution in [1.29, 1.82) is 0 Å². The molecule has 0 amide bonds. The second-order valence-electron chi connectivity index (χ2n) is 6.69. The SMILES string of the molecule is C#CCOc1cc(CNC(=NC)N2CCN(c3ccccc3)CC2)ccc1OC. The number of guanidine groups is 1. The van der Waals surface area contributed by atoms with Gasteiger partial charge >= 0.3 is 0 Å². The number of nitrogens with zero attached hydrogens (tertiary/aromatic N) is 3. The minimum absolute atomic E-state index is 0.209. The number of anilines is 1. The largest absolute Gasteiger partial charge is 0.493 e. The Labute approximate surface area is 173 Å². The van der Waals surface area contributed by atoms with Gasteiger partial charge in [-0.25, -0.2) is 0 Å². The molecule has 0 radical (unpaired) electrons. The first-order valence-corrected chi connectivity index (χ1v) is 9.74. The third kappa shape index (κ3) is 5.35. The number of ether oxygens (including phenoxy) is 2. The molecule has 2 aromatic carbocycles. The maximum atomic E-state index is 5.59. The molecule has 1 aliphatic heterocycles. The van der Waals surface area contributed by atoms with Gasteiger partial charge in [0, 0.05) is 45.5 Å². The van der Waals surface area contributed by atoms with Crippen LogP contribution in [0.1, 0.15) is 5.56 Å². The number of hydrogen-bond acceptors (Lipinski definition) is 4. The van der Waals surface area contributed by atoms with E-state index in [1.165, 1.54) is 5.69 Å². The van der Waals surface area contributed by atoms with Gasteiger partial charge in [0.15, 0.2) is 17.5 Å². The second-order valence-corrected chi connectivity index (χ2v) is 6.69. The summed E-state index contributed by atoms with van der Waals surface area (Å²) in [5, 5.41) is 3.45. The summed E-state index contributed by atoms with van der Waals surface area (Å²) in [4.78, 5) is 9.16. The third-order valence-corrected chi connectivity index (χ3v) is 4.90. The van der Waals surface area contributed by atoms with Crippen molar-refractivity contribution in [3.05, 3.63) is 54.1 Å². The molecule has 29 heavy (non-hydrogen) atoms. The Bertz CT molecular complexity index is 853. The number of para-hydroxylation sites is 1. The lowest BCUT2D eigenvalue weighted by Gasteiger charge is -2.37. The highest BCUT2D eigenvalue weighted by Crippen LogP contribution is 2.28. The molecule has 1 fully saturated rings. The van der Waals surface area contributed by atoms with Crippen molar-refractivity contribution < 1.29 is 9.47 Å². The molecule has 3 rings (SSSR count). The average Bonchev–Trinajstić information content (AvgIpc) is 2.79. The van der Waals surface area contributed by atoms with Crippen LogP contribution in [0.4, 0.5) is 5.69 Å². The minimum Gasteiger partial charge on any atom is -0.493 e. The number of methoxy groups -OCH3 is 1. The Kier molecular flexibility index (Phi) is 7.23. The Morgan fingerprint density at radius 3 is 2.52 bits per heavy atom. The van der Waals surface area contributed by atoms with Gasteiger partial charge in [0.2, 0.25) is 0 Å². The van der Waals surface area contributed by atoms with Gasteiger partial charge in [0.1, 0.15) is 6.61 Å². The lowest BCUT2D eigenvalue weighted by molar-refractivity contribution is 0.330. The molecule has 1 aliphatic rings. The molecule has 152 valence electrons. The molecule has 6 nitrogen and oxygen atoms in total. The van der Waals surface area contributed by atoms with E-state index < -0.39 is 0 Å². The Morgan fingerprint density at radius 1 is 1.10 bits per heavy atom. The molecule has 6 heteroatoms. The van der Waals surface area contributed by atoms with E-state index in [0.717, 1.165) is 37.7 Å². The topological polar surface area (TPSA) is 49.3 Å². The van der Waals surface area contributed by atoms with Gasteiger partial charge in [-0.05, 0) is 29.8 Å². The summed E-state index contributed by atoms with van der Waals surface area (Å²) in [6.07, 6.45) is 5.30. The molecule has 1 saturated heterocycles. The first kappa shape index (κ1) is 20.4. The molecule has 1 heterocycles. The molecule has 0 spiro atoms. The van der Waals surface area contributed by atoms with E-state index >= 15 is 0 Å². The van der Waals surface area contributed by atoms with E-state index in [0.29, 0.717) is 18.0 Å². The first-order chi connectivity index (χ1) is 14.2. The van der Waals surface area contributed by atoms with Crippen LogP contribution in [0.3, 0.4) is 0 Å². The predicted octanol–water partition coefficient (Wildman–Crippen LogP) is 2.60. The van der Waals surface area contributed by atoms with Crippen LogP contribution in [-0.4, -0.2) is 57.8 Å². The predicted molar refractivity (Wildman–Crippen MR) is 118 cm³/mol. The number of nitrogens with one attached hydrogen (secondary N) is 1. The van der Waals surface area contributed by atoms with E-state index in [1.807, 2.05) is 31.3 Å². The number of benzene rings is 2. The number of rotatable bonds is 6. The lowest BCUT2D eigenvalue weighted by atomic mass is 10.2. The first-order valence-electron chi connectivity index (χ1n) is 9.74. The maximum Gasteiger partial charge on any atom is 0.194 e. The van der Waals surface area contributed by atoms with Gasteiger partial charge in [0.05, 0.1) is 7.11 Å². The van der Waals surface area contributed by atoms with Crippen LogP contribution in [0.25, 0.3) is 0 Å². The van der Waals surface area contributed by atoms with Crippen LogP contribution in [0, 0.1) is 12.3 Å². The molecule has 0 atom stereocenters. The molecule has 0 unspecified atom stereocenters. The standard InChI is InChI=1S/C23H28N4O2/c1-4-16-29-22-17-19(10-11-21(22)28-3)18-25-23(24-2)27-14-12-26(13-15-27)20-8-6-5-7-9-20/h1,5-11,17H,12-16,18H2,2-3H3,(H,24,25). The summed E-state index contributed by atoms with van der Waals surface area (Å²) in [6, 6.07) is 16.4. The second kappa shape index (κ2) is 10.3. The highest BCUT2D eigenvalue weighted by Gasteiger charge is 2.19. The Balaban J connectivity index is 1.57. The normalized spacial score (nSPS) is 14.3. The van der Waals surface area contributed by atoms with E-state index in [9.17, 15) is 0 Å². The van der Waals surface area contributed by atoms with Gasteiger partial charge in [0.25, 0.3) is 0 Å². The van der Waals surface area contributed by atoms with Gasteiger partial charge in [-0.1, -0.05) is 30.2 Å². The summed E-state index contributed by atoms with van der Waals surface area (Å²) in [7, 11) is 3.44. The van der Waals surface area contributed by atoms with Gasteiger partial charge < -0.3 is 24.6 Å². The van der Waals surface area contributed by atoms with Crippen LogP contribution in [0.15, 0.2) is 53.5 Å². The van der Waals surface area contributed by atoms with Crippen LogP contribution in [0.5, 0.6) is 11.5 Å². The molecular formula is C23H28N4O2. The summed E-state index contributed by atoms with van der Waals surface area (Å²) in [5.41, 5.74) is 2.34. The highest BCUT2D eigenvalue weighted by molar-refractivity contribution is 5.80. The molecule has 1 N–H and O–H groups in total. The number of aliphatic imine (C=N–C) groups is 1. The molecule has 0 aromatic heterocycles. The number of hydrogen-bond donors (Lipinski definition) is 1. The van der Waals surface area contributed by atoms with Gasteiger partial charge in [-0.3, -0.25) is 4.99 Å². The van der Waals surface area contributed by atoms with Crippen molar-refractivity contribution in [3.63, 3.8) is 0 Å². The van der Waals surface area contributed by atoms with Crippen LogP contribution >= 0.6 is 0 Å². The fourth-order valence-corrected chi connectivity index (χ4v) is 3.39. The van der Waals surface area contributed by atoms with Crippen molar-refractivity contribution >= 4 is 11.6 Å². The van der Waals surface area contributed by atoms with Crippen LogP contribution in [-0.2, 0) is 6.54 Å². The summed E-state index contributed by atoms with van der Waals surface area (Å²) < 4.78 is 10.9. The number of terminal acetylenes is 1. The molecule has 0 saturated carbocycles. The zero-order valence-corrected chi connectivity index (χ0v) is 17.1. The van der Waals surface area contributed by atoms with E-state index in [2.05, 4.69) is 50.3 Å². The van der Waals surface area contributed by atoms with Crippen molar-refractivity contribution in [2.45, 2.75) is 6.54 Å². The van der Waals surface area contributed by atoms with E-state index in [1.54, 1.807) is 7.11 Å². The molecule has 0 aliphatic carbocycles. The molecule has 2 aromatic rings. The monoisotopic (exact) mass is 392 g/mol. The third-order valence-electron chi connectivity index (χ3n) is 4.90. The van der Waals surface area contributed by atoms with Gasteiger partial charge in [-0.2, -0.15) is 0 Å². The fraction of sp³-hybridized carbons (Fsp3) is 0.348. The smallest absolute Gasteiger partial charge is 0.194 e. The lowest BCUT2D eigenvalue weighted by Crippen LogP contribution is -2.52. The average molecular weight is 393 g/mol. The van der Waals surface area contributed by atoms with Crippen molar-refractivity contribution in [3.8, 4) is 23.8 Å². The number of piperazine rings is 1. The zero-order chi connectivity index (χ0) is 20.5. The van der Waals surface area contributed by atoms with Crippen molar-refractivity contribution in [2.24, 2.45) is 4.99 Å². The molecule has 0 bridgehead atoms. The summed E-state index contributed by atoms with van der Waals surface area (Å²) >= 11 is 0. The van der Waals surface area contributed by atoms with Gasteiger partial charge in [-0.15, -0.1) is 6.42 Å². The Morgan fingerprint density at radius 2 is 1.86 bits per heavy atom. The Hall–Kier alpha value is -3.33. The quantitative estimate of drug-likeness (QED) is 0.465. The highest BCUT2D eigenvalue weighted by atomic mass is 16.5. The minimum atomic E-state index is 0.209.